The number of aromatic nitrogens is 10. The molecule has 0 aliphatic carbocycles. The van der Waals surface area contributed by atoms with Crippen LogP contribution in [0.1, 0.15) is 73.6 Å². The second kappa shape index (κ2) is 62.5. The average Bonchev–Trinajstić information content (AvgIpc) is 0.833. The number of nitrogen functional groups attached to an aromatic ring is 2. The summed E-state index contributed by atoms with van der Waals surface area (Å²) in [6.45, 7) is 18.0. The second-order valence-electron chi connectivity index (χ2n) is 19.2. The molecule has 0 saturated heterocycles. The summed E-state index contributed by atoms with van der Waals surface area (Å²) in [7, 11) is 21.4. The number of nitrogens with zero attached hydrogens (tertiary/aromatic N) is 13. The molecule has 0 aliphatic heterocycles. The lowest BCUT2D eigenvalue weighted by Gasteiger charge is -2.13. The van der Waals surface area contributed by atoms with E-state index in [4.69, 9.17) is 147 Å². The number of aromatic carboxylic acids is 1. The van der Waals surface area contributed by atoms with Crippen LogP contribution in [0.3, 0.4) is 0 Å². The van der Waals surface area contributed by atoms with Crippen LogP contribution in [0.15, 0.2) is 181 Å². The van der Waals surface area contributed by atoms with Gasteiger partial charge in [0.25, 0.3) is 5.24 Å². The van der Waals surface area contributed by atoms with E-state index in [0.29, 0.717) is 85.9 Å². The Labute approximate surface area is 697 Å². The number of aliphatic hydroxyl groups excluding tert-OH is 2. The van der Waals surface area contributed by atoms with Gasteiger partial charge in [0.15, 0.2) is 17.6 Å². The molecule has 0 aliphatic rings. The molecule has 9 rings (SSSR count). The van der Waals surface area contributed by atoms with Crippen LogP contribution in [0.25, 0.3) is 22.8 Å². The molecule has 28 nitrogen and oxygen atoms in total. The fourth-order valence-electron chi connectivity index (χ4n) is 6.71. The van der Waals surface area contributed by atoms with Crippen molar-refractivity contribution in [3.05, 3.63) is 212 Å². The summed E-state index contributed by atoms with van der Waals surface area (Å²) in [5, 5.41) is 36.6. The Balaban J connectivity index is -0.000000240. The van der Waals surface area contributed by atoms with Crippen LogP contribution in [0.5, 0.6) is 0 Å². The molecule has 0 atom stereocenters. The summed E-state index contributed by atoms with van der Waals surface area (Å²) in [5.74, 6) is 1.20. The van der Waals surface area contributed by atoms with Gasteiger partial charge in [-0.15, -0.1) is 12.4 Å². The largest absolute Gasteiger partial charge is 0.478 e. The van der Waals surface area contributed by atoms with Crippen molar-refractivity contribution >= 4 is 224 Å². The van der Waals surface area contributed by atoms with Crippen molar-refractivity contribution in [1.82, 2.24) is 54.7 Å². The summed E-state index contributed by atoms with van der Waals surface area (Å²) in [5.41, 5.74) is 40.9. The quantitative estimate of drug-likeness (QED) is 0.00722. The van der Waals surface area contributed by atoms with Gasteiger partial charge in [0, 0.05) is 151 Å². The van der Waals surface area contributed by atoms with Gasteiger partial charge in [-0.1, -0.05) is 127 Å². The number of guanidine groups is 2. The summed E-state index contributed by atoms with van der Waals surface area (Å²) in [6.07, 6.45) is 6.70. The first kappa shape index (κ1) is 95.7. The van der Waals surface area contributed by atoms with Gasteiger partial charge in [0.1, 0.15) is 21.3 Å². The molecule has 0 bridgehead atoms. The number of nitrogens with two attached hydrogens (primary N) is 6. The monoisotopic (exact) mass is 1700 g/mol. The zero-order valence-electron chi connectivity index (χ0n) is 65.5. The predicted octanol–water partition coefficient (Wildman–Crippen LogP) is 13.7. The first-order valence-corrected chi connectivity index (χ1v) is 35.8. The Morgan fingerprint density at radius 1 is 0.630 bits per heavy atom. The highest BCUT2D eigenvalue weighted by molar-refractivity contribution is 8.26. The van der Waals surface area contributed by atoms with E-state index >= 15 is 0 Å². The molecule has 6 aromatic heterocycles. The summed E-state index contributed by atoms with van der Waals surface area (Å²) >= 11 is 39.6. The van der Waals surface area contributed by atoms with E-state index in [-0.39, 0.29) is 72.7 Å². The van der Waals surface area contributed by atoms with Crippen LogP contribution in [-0.2, 0) is 9.23 Å². The van der Waals surface area contributed by atoms with Gasteiger partial charge in [-0.05, 0) is 167 Å². The first-order chi connectivity index (χ1) is 54.3. The van der Waals surface area contributed by atoms with Gasteiger partial charge in [-0.2, -0.15) is 34.9 Å². The van der Waals surface area contributed by atoms with Crippen molar-refractivity contribution in [2.24, 2.45) is 32.9 Å². The minimum absolute atomic E-state index is 0. The number of aliphatic hydroxyl groups is 2. The maximum atomic E-state index is 10.5. The number of hydrogen-bond donors (Lipinski definition) is 12. The minimum atomic E-state index is -1.67. The summed E-state index contributed by atoms with van der Waals surface area (Å²) in [6, 6.07) is 33.9. The number of pyridine rings is 4. The Morgan fingerprint density at radius 3 is 1.38 bits per heavy atom. The first-order valence-electron chi connectivity index (χ1n) is 34.3. The molecule has 6 heterocycles. The molecular formula is C65H86B4Cl10N22O6S. The predicted molar refractivity (Wildman–Crippen MR) is 462 cm³/mol. The lowest BCUT2D eigenvalue weighted by atomic mass is 9.08. The summed E-state index contributed by atoms with van der Waals surface area (Å²) < 4.78 is 49.1. The topological polar surface area (TPSA) is 461 Å². The van der Waals surface area contributed by atoms with Gasteiger partial charge in [-0.3, -0.25) is 4.79 Å². The zero-order valence-corrected chi connectivity index (χ0v) is 65.9. The van der Waals surface area contributed by atoms with Gasteiger partial charge < -0.3 is 70.6 Å². The van der Waals surface area contributed by atoms with E-state index in [1.165, 1.54) is 56.3 Å². The maximum Gasteiger partial charge on any atom is 0.335 e. The van der Waals surface area contributed by atoms with E-state index in [0.717, 1.165) is 23.4 Å². The standard InChI is InChI=1S/C17H18ClN7O.C14H10Cl2N6.C8H10ClN5.C6H3Cl2NO.C6H4ClNO2.C6H15N.C4H4.C3H9NO.CH4.B4.Cl2OS.ClH.4H2/c18-12-3-1-4-13(10-12)22-17-24-15(23-16(19)25-17)11-5-7-21-14(9-11)20-6-2-8-26;15-9-2-1-3-10(7-9)19-14-21-12(20-13(17)22-14)8-4-5-18-11(16)6-8;9-5-2-1-3-6(4-5)13-8(12)14-7(10)11;7-5-3-4(6(8)10)1-2-9-5;7-5-3-4(6(9)10)1-2-8-5;1-4-7(5-2)6-3;1-3-4-2;4-2-1-3-5;;2*1-4(2)3;;;;;/h1,3-5,7,9-10,26H,2,6,8H2,(H,20,21)(H3,19,22,23,24,25);1-7H,(H3,17,19,20,21,22);1-4H,(H6,10,11,12,13,14);1-3H;1-3H,(H,9,10);4-6H2,1-3H3;1-2H2;5H,1-4H2;1H4;;;5*1H/i;;;;;;;;;;;;4*1+1D. The molecule has 0 spiro atoms. The molecule has 18 N–H and O–H groups in total. The molecule has 0 saturated carbocycles. The van der Waals surface area contributed by atoms with Crippen molar-refractivity contribution in [3.63, 3.8) is 0 Å². The highest BCUT2D eigenvalue weighted by atomic mass is 36.0. The van der Waals surface area contributed by atoms with Crippen LogP contribution in [0, 0.1) is 0 Å². The van der Waals surface area contributed by atoms with E-state index in [2.05, 4.69) is 171 Å². The van der Waals surface area contributed by atoms with Crippen molar-refractivity contribution in [3.8, 4) is 22.8 Å². The molecule has 0 amide bonds. The van der Waals surface area contributed by atoms with Gasteiger partial charge >= 0.3 is 5.97 Å². The third-order valence-electron chi connectivity index (χ3n) is 11.2. The van der Waals surface area contributed by atoms with Crippen LogP contribution < -0.4 is 50.4 Å². The van der Waals surface area contributed by atoms with Crippen molar-refractivity contribution in [2.75, 3.05) is 73.4 Å². The number of hydrogen-bond acceptors (Lipinski definition) is 23. The molecule has 43 heteroatoms. The van der Waals surface area contributed by atoms with Crippen molar-refractivity contribution in [2.45, 2.75) is 41.0 Å². The van der Waals surface area contributed by atoms with E-state index in [9.17, 15) is 9.59 Å². The SMILES string of the molecule is C.C=C=C=C.CCN(CC)CC.Cl.NC(N)=NC(N)=Nc1cccc(Cl)c1.NCCCO.Nc1nc(Nc2cccc(Cl)c2)nc(-c2ccnc(Cl)c2)n1.Nc1nc(Nc2cccc(Cl)c2)nc(-c2ccnc(NCCCO)c2)n1.O=C(Cl)c1ccnc(Cl)c1.O=C(O)c1ccnc(Cl)c1.O=S(Cl)Cl.[2H][2H].[2H][2H].[2H][2H].[2H][2H].[B]B([B])[B]. The number of carbonyl (C=O) groups excluding carboxylic acids is 1. The average molecular weight is 1710 g/mol. The number of anilines is 7. The number of rotatable bonds is 18. The minimum Gasteiger partial charge on any atom is -0.478 e. The molecular weight excluding hydrogens is 1610 g/mol. The highest BCUT2D eigenvalue weighted by Gasteiger charge is 2.11. The third-order valence-corrected chi connectivity index (χ3v) is 12.7. The normalized spacial score (nSPS) is 9.84. The molecule has 3 aromatic carbocycles. The second-order valence-corrected chi connectivity index (χ2v) is 24.5. The van der Waals surface area contributed by atoms with Crippen LogP contribution >= 0.6 is 115 Å². The van der Waals surface area contributed by atoms with Gasteiger partial charge in [0.2, 0.25) is 39.0 Å². The Bertz CT molecular complexity index is 4210. The number of carboxylic acids is 1. The van der Waals surface area contributed by atoms with E-state index in [1.807, 2.05) is 30.3 Å². The van der Waals surface area contributed by atoms with Gasteiger partial charge in [-0.25, -0.2) is 33.9 Å². The lowest BCUT2D eigenvalue weighted by molar-refractivity contribution is 0.0696. The number of carboxylic acid groups (broad SMARTS) is 1. The molecule has 6 radical (unpaired) electrons. The zero-order chi connectivity index (χ0) is 87.9. The Morgan fingerprint density at radius 2 is 1.04 bits per heavy atom. The van der Waals surface area contributed by atoms with Crippen LogP contribution in [0.4, 0.5) is 46.7 Å². The molecule has 108 heavy (non-hydrogen) atoms. The van der Waals surface area contributed by atoms with E-state index < -0.39 is 26.8 Å². The number of carbonyl (C=O) groups is 2. The molecule has 9 aromatic rings. The Kier molecular flexibility index (Phi) is 55.4. The van der Waals surface area contributed by atoms with Crippen LogP contribution in [-0.4, -0.2) is 173 Å². The number of nitrogens with one attached hydrogen (secondary N) is 3. The summed E-state index contributed by atoms with van der Waals surface area (Å²) in [4.78, 5) is 71.3. The number of halogens is 10. The fourth-order valence-corrected chi connectivity index (χ4v) is 7.91. The van der Waals surface area contributed by atoms with E-state index in [1.54, 1.807) is 79.1 Å². The molecule has 0 unspecified atom stereocenters. The van der Waals surface area contributed by atoms with Gasteiger partial charge in [0.05, 0.1) is 11.3 Å². The van der Waals surface area contributed by atoms with Crippen molar-refractivity contribution in [1.29, 1.82) is 0 Å². The maximum absolute atomic E-state index is 10.5. The molecule has 0 fully saturated rings. The number of aliphatic imine (C=N–C) groups is 2. The highest BCUT2D eigenvalue weighted by Crippen LogP contribution is 2.25. The lowest BCUT2D eigenvalue weighted by Crippen LogP contribution is -2.26. The van der Waals surface area contributed by atoms with Crippen LogP contribution in [0.2, 0.25) is 30.5 Å². The Hall–Kier alpha value is -8.39. The fraction of sp³-hybridized carbons (Fsp3) is 0.200. The third kappa shape index (κ3) is 52.6. The molecule has 580 valence electrons. The van der Waals surface area contributed by atoms with Crippen molar-refractivity contribution < 1.29 is 41.0 Å². The smallest absolute Gasteiger partial charge is 0.335 e. The number of benzene rings is 3.